The van der Waals surface area contributed by atoms with Gasteiger partial charge in [0.1, 0.15) is 0 Å². The van der Waals surface area contributed by atoms with Gasteiger partial charge in [-0.3, -0.25) is 0 Å². The van der Waals surface area contributed by atoms with Gasteiger partial charge in [0, 0.05) is 13.2 Å². The molecule has 0 spiro atoms. The summed E-state index contributed by atoms with van der Waals surface area (Å²) in [5.74, 6) is 2.99. The summed E-state index contributed by atoms with van der Waals surface area (Å²) >= 11 is 0. The van der Waals surface area contributed by atoms with Crippen molar-refractivity contribution in [2.75, 3.05) is 20.3 Å². The predicted molar refractivity (Wildman–Crippen MR) is 62.9 cm³/mol. The van der Waals surface area contributed by atoms with E-state index in [0.29, 0.717) is 6.04 Å². The van der Waals surface area contributed by atoms with Crippen molar-refractivity contribution in [3.05, 3.63) is 0 Å². The molecule has 0 aliphatic heterocycles. The van der Waals surface area contributed by atoms with Gasteiger partial charge in [0.15, 0.2) is 0 Å². The van der Waals surface area contributed by atoms with Crippen LogP contribution in [0.4, 0.5) is 0 Å². The maximum Gasteiger partial charge on any atom is 0.0618 e. The molecule has 2 fully saturated rings. The number of nitrogens with one attached hydrogen (secondary N) is 1. The Morgan fingerprint density at radius 2 is 1.93 bits per heavy atom. The van der Waals surface area contributed by atoms with E-state index >= 15 is 0 Å². The molecule has 3 unspecified atom stereocenters. The topological polar surface area (TPSA) is 21.3 Å². The van der Waals surface area contributed by atoms with Gasteiger partial charge < -0.3 is 10.1 Å². The van der Waals surface area contributed by atoms with Crippen molar-refractivity contribution in [2.24, 2.45) is 17.8 Å². The molecule has 0 saturated heterocycles. The zero-order valence-electron chi connectivity index (χ0n) is 10.2. The molecule has 0 aromatic rings. The number of methoxy groups -OCH3 is 1. The van der Waals surface area contributed by atoms with Crippen LogP contribution < -0.4 is 5.32 Å². The molecule has 1 N–H and O–H groups in total. The number of hydrogen-bond donors (Lipinski definition) is 1. The van der Waals surface area contributed by atoms with E-state index in [9.17, 15) is 0 Å². The quantitative estimate of drug-likeness (QED) is 0.728. The summed E-state index contributed by atoms with van der Waals surface area (Å²) in [6.07, 6.45) is 7.10. The Labute approximate surface area is 93.8 Å². The molecule has 0 amide bonds. The second kappa shape index (κ2) is 5.31. The van der Waals surface area contributed by atoms with Crippen molar-refractivity contribution in [1.82, 2.24) is 5.32 Å². The first-order valence-electron chi connectivity index (χ1n) is 6.60. The van der Waals surface area contributed by atoms with E-state index in [4.69, 9.17) is 4.74 Å². The SMILES string of the molecule is CCCNC(COC)C1C2CCCCC21. The van der Waals surface area contributed by atoms with Crippen LogP contribution >= 0.6 is 0 Å². The summed E-state index contributed by atoms with van der Waals surface area (Å²) in [5, 5.41) is 3.66. The molecule has 2 rings (SSSR count). The summed E-state index contributed by atoms with van der Waals surface area (Å²) in [5.41, 5.74) is 0. The van der Waals surface area contributed by atoms with Crippen LogP contribution in [0.15, 0.2) is 0 Å². The second-order valence-electron chi connectivity index (χ2n) is 5.21. The summed E-state index contributed by atoms with van der Waals surface area (Å²) in [4.78, 5) is 0. The van der Waals surface area contributed by atoms with Crippen LogP contribution in [0.1, 0.15) is 39.0 Å². The first-order valence-corrected chi connectivity index (χ1v) is 6.60. The average Bonchev–Trinajstić information content (AvgIpc) is 2.98. The average molecular weight is 211 g/mol. The second-order valence-corrected chi connectivity index (χ2v) is 5.21. The third kappa shape index (κ3) is 2.54. The van der Waals surface area contributed by atoms with Gasteiger partial charge in [-0.25, -0.2) is 0 Å². The summed E-state index contributed by atoms with van der Waals surface area (Å²) < 4.78 is 5.35. The van der Waals surface area contributed by atoms with Crippen molar-refractivity contribution in [1.29, 1.82) is 0 Å². The van der Waals surface area contributed by atoms with Gasteiger partial charge in [-0.15, -0.1) is 0 Å². The van der Waals surface area contributed by atoms with Crippen molar-refractivity contribution < 1.29 is 4.74 Å². The molecule has 0 aromatic heterocycles. The van der Waals surface area contributed by atoms with Crippen LogP contribution in [0.5, 0.6) is 0 Å². The molecule has 0 radical (unpaired) electrons. The minimum atomic E-state index is 0.628. The number of fused-ring (bicyclic) bond motifs is 1. The largest absolute Gasteiger partial charge is 0.383 e. The highest BCUT2D eigenvalue weighted by Crippen LogP contribution is 2.56. The van der Waals surface area contributed by atoms with Crippen molar-refractivity contribution in [2.45, 2.75) is 45.1 Å². The fourth-order valence-corrected chi connectivity index (χ4v) is 3.46. The van der Waals surface area contributed by atoms with Gasteiger partial charge >= 0.3 is 0 Å². The van der Waals surface area contributed by atoms with Crippen LogP contribution in [-0.4, -0.2) is 26.3 Å². The molecule has 2 heteroatoms. The van der Waals surface area contributed by atoms with E-state index in [1.807, 2.05) is 7.11 Å². The molecular formula is C13H25NO. The molecular weight excluding hydrogens is 186 g/mol. The monoisotopic (exact) mass is 211 g/mol. The Morgan fingerprint density at radius 3 is 2.47 bits per heavy atom. The van der Waals surface area contributed by atoms with Gasteiger partial charge in [0.2, 0.25) is 0 Å². The minimum Gasteiger partial charge on any atom is -0.383 e. The third-order valence-corrected chi connectivity index (χ3v) is 4.19. The molecule has 2 aliphatic carbocycles. The fraction of sp³-hybridized carbons (Fsp3) is 1.00. The highest BCUT2D eigenvalue weighted by molar-refractivity contribution is 5.04. The van der Waals surface area contributed by atoms with E-state index < -0.39 is 0 Å². The van der Waals surface area contributed by atoms with Gasteiger partial charge in [-0.2, -0.15) is 0 Å². The van der Waals surface area contributed by atoms with E-state index in [2.05, 4.69) is 12.2 Å². The summed E-state index contributed by atoms with van der Waals surface area (Å²) in [6, 6.07) is 0.628. The molecule has 0 aromatic carbocycles. The molecule has 15 heavy (non-hydrogen) atoms. The van der Waals surface area contributed by atoms with Crippen LogP contribution in [-0.2, 0) is 4.74 Å². The highest BCUT2D eigenvalue weighted by atomic mass is 16.5. The first kappa shape index (κ1) is 11.4. The lowest BCUT2D eigenvalue weighted by Gasteiger charge is -2.17. The lowest BCUT2D eigenvalue weighted by atomic mass is 10.0. The Bertz CT molecular complexity index is 183. The van der Waals surface area contributed by atoms with Crippen LogP contribution in [0.2, 0.25) is 0 Å². The maximum absolute atomic E-state index is 5.35. The zero-order valence-corrected chi connectivity index (χ0v) is 10.2. The Kier molecular flexibility index (Phi) is 4.04. The van der Waals surface area contributed by atoms with E-state index in [1.165, 1.54) is 32.1 Å². The molecule has 0 heterocycles. The number of rotatable bonds is 6. The van der Waals surface area contributed by atoms with Gasteiger partial charge in [-0.1, -0.05) is 19.8 Å². The smallest absolute Gasteiger partial charge is 0.0618 e. The lowest BCUT2D eigenvalue weighted by Crippen LogP contribution is -2.36. The zero-order chi connectivity index (χ0) is 10.7. The van der Waals surface area contributed by atoms with Gasteiger partial charge in [-0.05, 0) is 43.6 Å². The molecule has 88 valence electrons. The first-order chi connectivity index (χ1) is 7.38. The number of hydrogen-bond acceptors (Lipinski definition) is 2. The molecule has 2 saturated carbocycles. The molecule has 0 bridgehead atoms. The summed E-state index contributed by atoms with van der Waals surface area (Å²) in [7, 11) is 1.83. The Balaban J connectivity index is 1.82. The minimum absolute atomic E-state index is 0.628. The maximum atomic E-state index is 5.35. The van der Waals surface area contributed by atoms with Crippen LogP contribution in [0, 0.1) is 17.8 Å². The lowest BCUT2D eigenvalue weighted by molar-refractivity contribution is 0.153. The van der Waals surface area contributed by atoms with E-state index in [1.54, 1.807) is 0 Å². The standard InChI is InChI=1S/C13H25NO/c1-3-8-14-12(9-15-2)13-10-6-4-5-7-11(10)13/h10-14H,3-9H2,1-2H3. The number of ether oxygens (including phenoxy) is 1. The van der Waals surface area contributed by atoms with Gasteiger partial charge in [0.05, 0.1) is 6.61 Å². The highest BCUT2D eigenvalue weighted by Gasteiger charge is 2.53. The summed E-state index contributed by atoms with van der Waals surface area (Å²) in [6.45, 7) is 4.28. The Morgan fingerprint density at radius 1 is 1.27 bits per heavy atom. The van der Waals surface area contributed by atoms with E-state index in [-0.39, 0.29) is 0 Å². The molecule has 2 nitrogen and oxygen atoms in total. The normalized spacial score (nSPS) is 36.0. The van der Waals surface area contributed by atoms with Crippen molar-refractivity contribution >= 4 is 0 Å². The Hall–Kier alpha value is -0.0800. The molecule has 3 atom stereocenters. The van der Waals surface area contributed by atoms with Crippen molar-refractivity contribution in [3.63, 3.8) is 0 Å². The fourth-order valence-electron chi connectivity index (χ4n) is 3.46. The predicted octanol–water partition coefficient (Wildman–Crippen LogP) is 2.44. The van der Waals surface area contributed by atoms with Gasteiger partial charge in [0.25, 0.3) is 0 Å². The van der Waals surface area contributed by atoms with Crippen LogP contribution in [0.25, 0.3) is 0 Å². The third-order valence-electron chi connectivity index (χ3n) is 4.19. The van der Waals surface area contributed by atoms with Crippen LogP contribution in [0.3, 0.4) is 0 Å². The van der Waals surface area contributed by atoms with E-state index in [0.717, 1.165) is 30.9 Å². The van der Waals surface area contributed by atoms with Crippen molar-refractivity contribution in [3.8, 4) is 0 Å². The molecule has 2 aliphatic rings.